The summed E-state index contributed by atoms with van der Waals surface area (Å²) >= 11 is 0. The number of carbonyl (C=O) groups is 6. The molecule has 0 spiro atoms. The van der Waals surface area contributed by atoms with Crippen LogP contribution in [0.15, 0.2) is 78.9 Å². The number of hydrogen-bond acceptors (Lipinski definition) is 10. The van der Waals surface area contributed by atoms with Crippen molar-refractivity contribution in [1.29, 1.82) is 0 Å². The summed E-state index contributed by atoms with van der Waals surface area (Å²) in [7, 11) is 0. The van der Waals surface area contributed by atoms with Crippen LogP contribution in [0, 0.1) is 10.1 Å². The standard InChI is InChI=1S/C35H42N8O9/c1-20(39-34(49)27(16-17-36)40-32(47)24-6-4-3-5-7-24)31(46)42-29(21(2)44)35(50)38-19-23-8-12-25(13-9-23)33(48)41-28(30(37)45)18-22-10-14-26(15-11-22)43(51)52/h3-15,20-21,27-29,44H,16-19,36H2,1-2H3,(H2,37,45)(H,38,50)(H,39,49)(H,40,47)(H,41,48)(H,42,46)/t20-,21+,27-,28+,29-/m0/s1. The van der Waals surface area contributed by atoms with Gasteiger partial charge in [0.2, 0.25) is 23.6 Å². The van der Waals surface area contributed by atoms with Crippen LogP contribution in [0.2, 0.25) is 0 Å². The Labute approximate surface area is 299 Å². The lowest BCUT2D eigenvalue weighted by Crippen LogP contribution is -2.58. The molecule has 3 aromatic carbocycles. The third-order valence-electron chi connectivity index (χ3n) is 7.85. The molecule has 3 rings (SSSR count). The number of nitrogens with zero attached hydrogens (tertiary/aromatic N) is 1. The molecule has 0 saturated heterocycles. The maximum absolute atomic E-state index is 13.0. The number of rotatable bonds is 18. The van der Waals surface area contributed by atoms with Gasteiger partial charge in [-0.25, -0.2) is 0 Å². The second-order valence-corrected chi connectivity index (χ2v) is 11.9. The van der Waals surface area contributed by atoms with E-state index in [-0.39, 0.29) is 37.2 Å². The maximum atomic E-state index is 13.0. The first-order valence-electron chi connectivity index (χ1n) is 16.2. The largest absolute Gasteiger partial charge is 0.391 e. The van der Waals surface area contributed by atoms with Crippen LogP contribution in [-0.2, 0) is 32.1 Å². The van der Waals surface area contributed by atoms with Gasteiger partial charge in [-0.2, -0.15) is 0 Å². The molecule has 0 heterocycles. The highest BCUT2D eigenvalue weighted by Crippen LogP contribution is 2.14. The van der Waals surface area contributed by atoms with Gasteiger partial charge in [0.25, 0.3) is 17.5 Å². The first kappa shape index (κ1) is 40.2. The molecule has 10 N–H and O–H groups in total. The molecule has 0 aliphatic carbocycles. The van der Waals surface area contributed by atoms with Crippen LogP contribution in [0.3, 0.4) is 0 Å². The van der Waals surface area contributed by atoms with Crippen LogP contribution in [0.4, 0.5) is 5.69 Å². The molecule has 0 fully saturated rings. The number of nitrogens with one attached hydrogen (secondary N) is 5. The highest BCUT2D eigenvalue weighted by atomic mass is 16.6. The van der Waals surface area contributed by atoms with Crippen molar-refractivity contribution in [3.05, 3.63) is 111 Å². The maximum Gasteiger partial charge on any atom is 0.269 e. The summed E-state index contributed by atoms with van der Waals surface area (Å²) in [6.07, 6.45) is -1.21. The molecule has 6 amide bonds. The summed E-state index contributed by atoms with van der Waals surface area (Å²) < 4.78 is 0. The van der Waals surface area contributed by atoms with Gasteiger partial charge in [0.05, 0.1) is 11.0 Å². The molecule has 0 saturated carbocycles. The zero-order valence-corrected chi connectivity index (χ0v) is 28.5. The minimum atomic E-state index is -1.39. The topological polar surface area (TPSA) is 278 Å². The van der Waals surface area contributed by atoms with Crippen molar-refractivity contribution >= 4 is 41.1 Å². The number of primary amides is 1. The average Bonchev–Trinajstić information content (AvgIpc) is 3.12. The van der Waals surface area contributed by atoms with Crippen LogP contribution in [0.25, 0.3) is 0 Å². The van der Waals surface area contributed by atoms with Gasteiger partial charge in [-0.3, -0.25) is 38.9 Å². The Bertz CT molecular complexity index is 1740. The second-order valence-electron chi connectivity index (χ2n) is 11.9. The van der Waals surface area contributed by atoms with Crippen LogP contribution in [0.5, 0.6) is 0 Å². The Morgan fingerprint density at radius 3 is 1.83 bits per heavy atom. The SMILES string of the molecule is C[C@H](NC(=O)[C@H](CCN)NC(=O)c1ccccc1)C(=O)N[C@H](C(=O)NCc1ccc(C(=O)N[C@H](Cc2ccc([N+](=O)[O-])cc2)C(N)=O)cc1)[C@@H](C)O. The number of nitro benzene ring substituents is 1. The molecule has 17 heteroatoms. The lowest BCUT2D eigenvalue weighted by Gasteiger charge is -2.24. The van der Waals surface area contributed by atoms with E-state index >= 15 is 0 Å². The third-order valence-corrected chi connectivity index (χ3v) is 7.85. The summed E-state index contributed by atoms with van der Waals surface area (Å²) in [5, 5.41) is 33.8. The number of benzene rings is 3. The number of aliphatic hydroxyl groups is 1. The average molecular weight is 719 g/mol. The van der Waals surface area contributed by atoms with Crippen LogP contribution >= 0.6 is 0 Å². The fourth-order valence-corrected chi connectivity index (χ4v) is 4.86. The summed E-state index contributed by atoms with van der Waals surface area (Å²) in [5.41, 5.74) is 12.6. The molecule has 0 unspecified atom stereocenters. The van der Waals surface area contributed by atoms with E-state index in [4.69, 9.17) is 11.5 Å². The number of aliphatic hydroxyl groups excluding tert-OH is 1. The van der Waals surface area contributed by atoms with Gasteiger partial charge in [0.1, 0.15) is 24.2 Å². The van der Waals surface area contributed by atoms with Gasteiger partial charge in [0, 0.05) is 36.2 Å². The van der Waals surface area contributed by atoms with Gasteiger partial charge in [-0.1, -0.05) is 42.5 Å². The lowest BCUT2D eigenvalue weighted by molar-refractivity contribution is -0.384. The van der Waals surface area contributed by atoms with Gasteiger partial charge >= 0.3 is 0 Å². The lowest BCUT2D eigenvalue weighted by atomic mass is 10.0. The minimum Gasteiger partial charge on any atom is -0.391 e. The zero-order chi connectivity index (χ0) is 38.4. The van der Waals surface area contributed by atoms with Crippen molar-refractivity contribution in [1.82, 2.24) is 26.6 Å². The molecule has 0 radical (unpaired) electrons. The van der Waals surface area contributed by atoms with Gasteiger partial charge < -0.3 is 43.2 Å². The molecule has 52 heavy (non-hydrogen) atoms. The predicted octanol–water partition coefficient (Wildman–Crippen LogP) is -0.445. The van der Waals surface area contributed by atoms with Crippen molar-refractivity contribution in [2.24, 2.45) is 11.5 Å². The monoisotopic (exact) mass is 718 g/mol. The van der Waals surface area contributed by atoms with Crippen molar-refractivity contribution < 1.29 is 38.8 Å². The Morgan fingerprint density at radius 2 is 1.29 bits per heavy atom. The Hall–Kier alpha value is -6.20. The highest BCUT2D eigenvalue weighted by Gasteiger charge is 2.30. The normalized spacial score (nSPS) is 13.6. The molecule has 0 bridgehead atoms. The number of carbonyl (C=O) groups excluding carboxylic acids is 6. The molecule has 17 nitrogen and oxygen atoms in total. The zero-order valence-electron chi connectivity index (χ0n) is 28.5. The van der Waals surface area contributed by atoms with E-state index in [2.05, 4.69) is 26.6 Å². The molecular formula is C35H42N8O9. The van der Waals surface area contributed by atoms with E-state index in [1.165, 1.54) is 50.2 Å². The summed E-state index contributed by atoms with van der Waals surface area (Å²) in [5.74, 6) is -4.06. The number of amides is 6. The van der Waals surface area contributed by atoms with Gasteiger partial charge in [0.15, 0.2) is 0 Å². The molecule has 0 aromatic heterocycles. The molecule has 3 aromatic rings. The van der Waals surface area contributed by atoms with E-state index in [1.54, 1.807) is 42.5 Å². The molecule has 276 valence electrons. The molecule has 0 aliphatic heterocycles. The Balaban J connectivity index is 1.53. The van der Waals surface area contributed by atoms with Crippen molar-refractivity contribution in [3.63, 3.8) is 0 Å². The Kier molecular flexibility index (Phi) is 14.9. The smallest absolute Gasteiger partial charge is 0.269 e. The number of hydrogen-bond donors (Lipinski definition) is 8. The van der Waals surface area contributed by atoms with Crippen molar-refractivity contribution in [2.75, 3.05) is 6.54 Å². The molecular weight excluding hydrogens is 676 g/mol. The quantitative estimate of drug-likeness (QED) is 0.0620. The van der Waals surface area contributed by atoms with Crippen molar-refractivity contribution in [2.45, 2.75) is 63.5 Å². The summed E-state index contributed by atoms with van der Waals surface area (Å²) in [6.45, 7) is 2.72. The van der Waals surface area contributed by atoms with Crippen LogP contribution in [0.1, 0.15) is 52.1 Å². The first-order valence-corrected chi connectivity index (χ1v) is 16.2. The van der Waals surface area contributed by atoms with Crippen LogP contribution in [-0.4, -0.2) is 82.3 Å². The van der Waals surface area contributed by atoms with E-state index in [9.17, 15) is 44.0 Å². The summed E-state index contributed by atoms with van der Waals surface area (Å²) in [4.78, 5) is 86.6. The summed E-state index contributed by atoms with van der Waals surface area (Å²) in [6, 6.07) is 15.1. The van der Waals surface area contributed by atoms with Gasteiger partial charge in [-0.05, 0) is 62.2 Å². The molecule has 0 aliphatic rings. The number of nitro groups is 1. The van der Waals surface area contributed by atoms with E-state index in [1.807, 2.05) is 0 Å². The second kappa shape index (κ2) is 19.3. The predicted molar refractivity (Wildman–Crippen MR) is 188 cm³/mol. The third kappa shape index (κ3) is 12.0. The fourth-order valence-electron chi connectivity index (χ4n) is 4.86. The van der Waals surface area contributed by atoms with Crippen molar-refractivity contribution in [3.8, 4) is 0 Å². The highest BCUT2D eigenvalue weighted by molar-refractivity contribution is 5.99. The Morgan fingerprint density at radius 1 is 0.731 bits per heavy atom. The van der Waals surface area contributed by atoms with E-state index in [0.29, 0.717) is 16.7 Å². The first-order chi connectivity index (χ1) is 24.7. The van der Waals surface area contributed by atoms with E-state index in [0.717, 1.165) is 0 Å². The molecule has 5 atom stereocenters. The van der Waals surface area contributed by atoms with Crippen LogP contribution < -0.4 is 38.1 Å². The number of nitrogens with two attached hydrogens (primary N) is 2. The van der Waals surface area contributed by atoms with Gasteiger partial charge in [-0.15, -0.1) is 0 Å². The fraction of sp³-hybridized carbons (Fsp3) is 0.314. The van der Waals surface area contributed by atoms with E-state index < -0.39 is 70.6 Å². The number of non-ortho nitro benzene ring substituents is 1. The minimum absolute atomic E-state index is 0.0110.